The predicted octanol–water partition coefficient (Wildman–Crippen LogP) is 2.13. The van der Waals surface area contributed by atoms with Crippen molar-refractivity contribution in [2.45, 2.75) is 10.6 Å². The number of amides is 1. The molecule has 0 aliphatic carbocycles. The van der Waals surface area contributed by atoms with Crippen molar-refractivity contribution in [3.05, 3.63) is 51.3 Å². The standard InChI is InChI=1S/C13H13BrN2O3S2/c14-10-3-1-9(2-4-10)13(17)16-8-7-11-5-6-12(20-11)21(15,18)19/h1-6H,7-8H2,(H,16,17)(H2,15,18,19). The van der Waals surface area contributed by atoms with E-state index in [-0.39, 0.29) is 10.1 Å². The molecule has 0 radical (unpaired) electrons. The number of hydrogen-bond acceptors (Lipinski definition) is 4. The Morgan fingerprint density at radius 3 is 2.43 bits per heavy atom. The van der Waals surface area contributed by atoms with Crippen molar-refractivity contribution in [2.75, 3.05) is 6.54 Å². The van der Waals surface area contributed by atoms with E-state index in [1.54, 1.807) is 30.3 Å². The summed E-state index contributed by atoms with van der Waals surface area (Å²) in [6.07, 6.45) is 0.558. The zero-order valence-electron chi connectivity index (χ0n) is 10.9. The van der Waals surface area contributed by atoms with Gasteiger partial charge in [-0.15, -0.1) is 11.3 Å². The van der Waals surface area contributed by atoms with E-state index in [9.17, 15) is 13.2 Å². The number of halogens is 1. The van der Waals surface area contributed by atoms with Gasteiger partial charge in [0.2, 0.25) is 10.0 Å². The van der Waals surface area contributed by atoms with Crippen molar-refractivity contribution in [3.63, 3.8) is 0 Å². The molecule has 112 valence electrons. The van der Waals surface area contributed by atoms with Gasteiger partial charge in [0, 0.05) is 21.5 Å². The molecule has 21 heavy (non-hydrogen) atoms. The van der Waals surface area contributed by atoms with E-state index < -0.39 is 10.0 Å². The number of thiophene rings is 1. The SMILES string of the molecule is NS(=O)(=O)c1ccc(CCNC(=O)c2ccc(Br)cc2)s1. The van der Waals surface area contributed by atoms with E-state index >= 15 is 0 Å². The normalized spacial score (nSPS) is 11.3. The summed E-state index contributed by atoms with van der Waals surface area (Å²) in [7, 11) is -3.64. The highest BCUT2D eigenvalue weighted by molar-refractivity contribution is 9.10. The Morgan fingerprint density at radius 2 is 1.86 bits per heavy atom. The van der Waals surface area contributed by atoms with Crippen molar-refractivity contribution >= 4 is 43.2 Å². The summed E-state index contributed by atoms with van der Waals surface area (Å²) < 4.78 is 23.4. The van der Waals surface area contributed by atoms with Crippen LogP contribution in [-0.4, -0.2) is 20.9 Å². The molecule has 1 aromatic heterocycles. The van der Waals surface area contributed by atoms with E-state index in [4.69, 9.17) is 5.14 Å². The second-order valence-electron chi connectivity index (χ2n) is 4.28. The van der Waals surface area contributed by atoms with Crippen molar-refractivity contribution in [2.24, 2.45) is 5.14 Å². The van der Waals surface area contributed by atoms with Gasteiger partial charge in [0.25, 0.3) is 5.91 Å². The first-order valence-corrected chi connectivity index (χ1v) is 9.17. The van der Waals surface area contributed by atoms with E-state index in [0.717, 1.165) is 20.7 Å². The van der Waals surface area contributed by atoms with Crippen molar-refractivity contribution in [1.29, 1.82) is 0 Å². The van der Waals surface area contributed by atoms with Gasteiger partial charge in [-0.2, -0.15) is 0 Å². The van der Waals surface area contributed by atoms with Crippen LogP contribution in [0.15, 0.2) is 45.1 Å². The molecule has 0 aliphatic heterocycles. The molecule has 0 aliphatic rings. The smallest absolute Gasteiger partial charge is 0.251 e. The van der Waals surface area contributed by atoms with Crippen LogP contribution in [0.5, 0.6) is 0 Å². The Balaban J connectivity index is 1.88. The summed E-state index contributed by atoms with van der Waals surface area (Å²) in [4.78, 5) is 12.7. The van der Waals surface area contributed by atoms with Crippen LogP contribution in [0.4, 0.5) is 0 Å². The van der Waals surface area contributed by atoms with Crippen LogP contribution in [0.1, 0.15) is 15.2 Å². The van der Waals surface area contributed by atoms with E-state index in [2.05, 4.69) is 21.2 Å². The Bertz CT molecular complexity index is 739. The number of primary sulfonamides is 1. The van der Waals surface area contributed by atoms with Gasteiger partial charge in [0.1, 0.15) is 4.21 Å². The zero-order chi connectivity index (χ0) is 15.5. The first-order chi connectivity index (χ1) is 9.86. The largest absolute Gasteiger partial charge is 0.352 e. The maximum Gasteiger partial charge on any atom is 0.251 e. The number of sulfonamides is 1. The van der Waals surface area contributed by atoms with Gasteiger partial charge >= 0.3 is 0 Å². The van der Waals surface area contributed by atoms with Crippen molar-refractivity contribution in [3.8, 4) is 0 Å². The number of nitrogens with two attached hydrogens (primary N) is 1. The van der Waals surface area contributed by atoms with Crippen LogP contribution in [-0.2, 0) is 16.4 Å². The molecule has 1 heterocycles. The number of carbonyl (C=O) groups is 1. The van der Waals surface area contributed by atoms with Crippen LogP contribution < -0.4 is 10.5 Å². The third-order valence-electron chi connectivity index (χ3n) is 2.68. The second kappa shape index (κ2) is 6.69. The minimum Gasteiger partial charge on any atom is -0.352 e. The molecule has 5 nitrogen and oxygen atoms in total. The summed E-state index contributed by atoms with van der Waals surface area (Å²) in [5, 5.41) is 7.83. The summed E-state index contributed by atoms with van der Waals surface area (Å²) in [5.41, 5.74) is 0.578. The molecule has 0 spiro atoms. The molecular weight excluding hydrogens is 376 g/mol. The van der Waals surface area contributed by atoms with Gasteiger partial charge < -0.3 is 5.32 Å². The fraction of sp³-hybridized carbons (Fsp3) is 0.154. The second-order valence-corrected chi connectivity index (χ2v) is 8.15. The highest BCUT2D eigenvalue weighted by atomic mass is 79.9. The van der Waals surface area contributed by atoms with Gasteiger partial charge in [-0.25, -0.2) is 13.6 Å². The fourth-order valence-corrected chi connectivity index (χ4v) is 3.69. The number of hydrogen-bond donors (Lipinski definition) is 2. The maximum atomic E-state index is 11.9. The van der Waals surface area contributed by atoms with Gasteiger partial charge in [0.05, 0.1) is 0 Å². The lowest BCUT2D eigenvalue weighted by Crippen LogP contribution is -2.25. The molecule has 0 saturated carbocycles. The topological polar surface area (TPSA) is 89.3 Å². The lowest BCUT2D eigenvalue weighted by atomic mass is 10.2. The Hall–Kier alpha value is -1.22. The van der Waals surface area contributed by atoms with Gasteiger partial charge in [-0.3, -0.25) is 4.79 Å². The number of benzene rings is 1. The summed E-state index contributed by atoms with van der Waals surface area (Å²) >= 11 is 4.43. The molecular formula is C13H13BrN2O3S2. The van der Waals surface area contributed by atoms with Crippen LogP contribution in [0.3, 0.4) is 0 Å². The Labute approximate surface area is 135 Å². The average molecular weight is 389 g/mol. The van der Waals surface area contributed by atoms with Crippen LogP contribution in [0.2, 0.25) is 0 Å². The van der Waals surface area contributed by atoms with E-state index in [1.165, 1.54) is 6.07 Å². The minimum atomic E-state index is -3.64. The van der Waals surface area contributed by atoms with Crippen molar-refractivity contribution < 1.29 is 13.2 Å². The quantitative estimate of drug-likeness (QED) is 0.821. The summed E-state index contributed by atoms with van der Waals surface area (Å²) in [6.45, 7) is 0.430. The number of rotatable bonds is 5. The molecule has 1 aromatic carbocycles. The average Bonchev–Trinajstić information content (AvgIpc) is 2.88. The van der Waals surface area contributed by atoms with Crippen LogP contribution >= 0.6 is 27.3 Å². The first-order valence-electron chi connectivity index (χ1n) is 6.01. The molecule has 1 amide bonds. The Morgan fingerprint density at radius 1 is 1.19 bits per heavy atom. The molecule has 0 bridgehead atoms. The lowest BCUT2D eigenvalue weighted by molar-refractivity contribution is 0.0954. The van der Waals surface area contributed by atoms with Crippen LogP contribution in [0.25, 0.3) is 0 Å². The predicted molar refractivity (Wildman–Crippen MR) is 85.9 cm³/mol. The highest BCUT2D eigenvalue weighted by Crippen LogP contribution is 2.20. The van der Waals surface area contributed by atoms with Gasteiger partial charge in [-0.1, -0.05) is 15.9 Å². The van der Waals surface area contributed by atoms with Crippen LogP contribution in [0, 0.1) is 0 Å². The summed E-state index contributed by atoms with van der Waals surface area (Å²) in [6, 6.07) is 10.2. The Kier molecular flexibility index (Phi) is 5.15. The van der Waals surface area contributed by atoms with Crippen molar-refractivity contribution in [1.82, 2.24) is 5.32 Å². The van der Waals surface area contributed by atoms with E-state index in [1.807, 2.05) is 0 Å². The maximum absolute atomic E-state index is 11.9. The fourth-order valence-electron chi connectivity index (χ4n) is 1.65. The molecule has 3 N–H and O–H groups in total. The third kappa shape index (κ3) is 4.63. The zero-order valence-corrected chi connectivity index (χ0v) is 14.1. The molecule has 0 unspecified atom stereocenters. The molecule has 8 heteroatoms. The number of nitrogens with one attached hydrogen (secondary N) is 1. The van der Waals surface area contributed by atoms with Gasteiger partial charge in [0.15, 0.2) is 0 Å². The lowest BCUT2D eigenvalue weighted by Gasteiger charge is -2.04. The third-order valence-corrected chi connectivity index (χ3v) is 5.79. The van der Waals surface area contributed by atoms with Gasteiger partial charge in [-0.05, 0) is 42.8 Å². The molecule has 0 atom stereocenters. The number of carbonyl (C=O) groups excluding carboxylic acids is 1. The monoisotopic (exact) mass is 388 g/mol. The molecule has 0 saturated heterocycles. The minimum absolute atomic E-state index is 0.136. The van der Waals surface area contributed by atoms with E-state index in [0.29, 0.717) is 18.5 Å². The highest BCUT2D eigenvalue weighted by Gasteiger charge is 2.11. The molecule has 2 rings (SSSR count). The molecule has 2 aromatic rings. The first kappa shape index (κ1) is 16.2. The molecule has 0 fully saturated rings. The summed E-state index contributed by atoms with van der Waals surface area (Å²) in [5.74, 6) is -0.161.